The van der Waals surface area contributed by atoms with Crippen molar-refractivity contribution in [2.24, 2.45) is 0 Å². The van der Waals surface area contributed by atoms with Gasteiger partial charge in [-0.1, -0.05) is 40.2 Å². The summed E-state index contributed by atoms with van der Waals surface area (Å²) in [5.41, 5.74) is 5.29. The second-order valence-corrected chi connectivity index (χ2v) is 8.13. The normalized spacial score (nSPS) is 19.2. The van der Waals surface area contributed by atoms with Crippen molar-refractivity contribution in [2.45, 2.75) is 12.1 Å². The summed E-state index contributed by atoms with van der Waals surface area (Å²) in [5, 5.41) is 8.05. The van der Waals surface area contributed by atoms with Crippen LogP contribution in [0.2, 0.25) is 0 Å². The zero-order valence-corrected chi connectivity index (χ0v) is 17.3. The van der Waals surface area contributed by atoms with Crippen molar-refractivity contribution in [1.82, 2.24) is 19.7 Å². The molecule has 6 nitrogen and oxygen atoms in total. The Balaban J connectivity index is 1.63. The first-order valence-electron chi connectivity index (χ1n) is 9.61. The standard InChI is InChI=1S/C23H16BrN5O/c24-16-7-5-14(6-8-16)21-19-20(28-23-26-13-27-29(21)23)17-3-1-2-4-18(17)30-22(19)15-9-11-25-12-10-15/h1-13,21-22H,(H,26,27,28)/t21-,22+/m0/s1. The molecule has 4 heterocycles. The molecule has 0 aliphatic carbocycles. The Bertz CT molecular complexity index is 1270. The van der Waals surface area contributed by atoms with Gasteiger partial charge >= 0.3 is 0 Å². The highest BCUT2D eigenvalue weighted by molar-refractivity contribution is 9.10. The zero-order chi connectivity index (χ0) is 20.1. The highest BCUT2D eigenvalue weighted by Gasteiger charge is 2.40. The SMILES string of the molecule is Brc1ccc([C@H]2C3=C(Nc4ncnn42)c2ccccc2O[C@@H]3c2ccncc2)cc1. The lowest BCUT2D eigenvalue weighted by Crippen LogP contribution is -2.32. The number of halogens is 1. The van der Waals surface area contributed by atoms with Gasteiger partial charge in [0, 0.05) is 28.0 Å². The van der Waals surface area contributed by atoms with Crippen molar-refractivity contribution < 1.29 is 4.74 Å². The number of para-hydroxylation sites is 1. The second-order valence-electron chi connectivity index (χ2n) is 7.21. The number of pyridine rings is 1. The number of anilines is 1. The van der Waals surface area contributed by atoms with E-state index in [0.29, 0.717) is 5.95 Å². The van der Waals surface area contributed by atoms with E-state index in [-0.39, 0.29) is 12.1 Å². The third kappa shape index (κ3) is 2.66. The molecular weight excluding hydrogens is 442 g/mol. The molecule has 0 amide bonds. The molecule has 2 aliphatic heterocycles. The first kappa shape index (κ1) is 17.4. The number of hydrogen-bond acceptors (Lipinski definition) is 5. The van der Waals surface area contributed by atoms with Crippen molar-refractivity contribution in [3.05, 3.63) is 106 Å². The molecule has 0 bridgehead atoms. The average molecular weight is 458 g/mol. The Morgan fingerprint density at radius 2 is 1.73 bits per heavy atom. The van der Waals surface area contributed by atoms with E-state index in [4.69, 9.17) is 4.74 Å². The lowest BCUT2D eigenvalue weighted by Gasteiger charge is -2.38. The Kier molecular flexibility index (Phi) is 3.95. The number of benzene rings is 2. The molecule has 2 atom stereocenters. The number of ether oxygens (including phenoxy) is 1. The molecule has 0 saturated heterocycles. The molecule has 0 saturated carbocycles. The van der Waals surface area contributed by atoms with Gasteiger partial charge in [-0.3, -0.25) is 4.98 Å². The predicted molar refractivity (Wildman–Crippen MR) is 117 cm³/mol. The Labute approximate surface area is 181 Å². The van der Waals surface area contributed by atoms with Gasteiger partial charge in [-0.15, -0.1) is 0 Å². The molecule has 146 valence electrons. The van der Waals surface area contributed by atoms with Gasteiger partial charge in [0.1, 0.15) is 24.2 Å². The number of nitrogens with one attached hydrogen (secondary N) is 1. The number of fused-ring (bicyclic) bond motifs is 3. The first-order chi connectivity index (χ1) is 14.8. The van der Waals surface area contributed by atoms with Crippen LogP contribution in [-0.2, 0) is 0 Å². The van der Waals surface area contributed by atoms with E-state index < -0.39 is 0 Å². The molecule has 4 aromatic rings. The van der Waals surface area contributed by atoms with Gasteiger partial charge in [0.05, 0.1) is 5.70 Å². The Morgan fingerprint density at radius 3 is 2.57 bits per heavy atom. The summed E-state index contributed by atoms with van der Waals surface area (Å²) in [6.07, 6.45) is 4.90. The summed E-state index contributed by atoms with van der Waals surface area (Å²) in [6, 6.07) is 20.3. The molecule has 7 heteroatoms. The van der Waals surface area contributed by atoms with Gasteiger partial charge in [-0.2, -0.15) is 10.1 Å². The van der Waals surface area contributed by atoms with Crippen LogP contribution in [0.1, 0.15) is 28.8 Å². The summed E-state index contributed by atoms with van der Waals surface area (Å²) in [6.45, 7) is 0. The number of hydrogen-bond donors (Lipinski definition) is 1. The highest BCUT2D eigenvalue weighted by Crippen LogP contribution is 2.50. The first-order valence-corrected chi connectivity index (χ1v) is 10.4. The van der Waals surface area contributed by atoms with E-state index in [0.717, 1.165) is 38.2 Å². The topological polar surface area (TPSA) is 64.9 Å². The maximum atomic E-state index is 6.56. The Morgan fingerprint density at radius 1 is 0.933 bits per heavy atom. The van der Waals surface area contributed by atoms with Gasteiger partial charge < -0.3 is 10.1 Å². The molecule has 2 aromatic carbocycles. The van der Waals surface area contributed by atoms with Gasteiger partial charge in [0.15, 0.2) is 0 Å². The van der Waals surface area contributed by atoms with Crippen LogP contribution in [0, 0.1) is 0 Å². The van der Waals surface area contributed by atoms with Gasteiger partial charge in [0.25, 0.3) is 0 Å². The van der Waals surface area contributed by atoms with E-state index >= 15 is 0 Å². The van der Waals surface area contributed by atoms with Crippen LogP contribution in [0.5, 0.6) is 5.75 Å². The predicted octanol–water partition coefficient (Wildman–Crippen LogP) is 5.00. The largest absolute Gasteiger partial charge is 0.480 e. The van der Waals surface area contributed by atoms with E-state index in [9.17, 15) is 0 Å². The van der Waals surface area contributed by atoms with Crippen molar-refractivity contribution in [3.8, 4) is 5.75 Å². The van der Waals surface area contributed by atoms with E-state index in [1.165, 1.54) is 0 Å². The summed E-state index contributed by atoms with van der Waals surface area (Å²) >= 11 is 3.54. The Hall–Kier alpha value is -3.45. The van der Waals surface area contributed by atoms with Crippen molar-refractivity contribution in [3.63, 3.8) is 0 Å². The van der Waals surface area contributed by atoms with Crippen LogP contribution in [0.15, 0.2) is 89.4 Å². The molecule has 6 rings (SSSR count). The number of aromatic nitrogens is 4. The molecule has 1 N–H and O–H groups in total. The highest BCUT2D eigenvalue weighted by atomic mass is 79.9. The molecule has 30 heavy (non-hydrogen) atoms. The van der Waals surface area contributed by atoms with Crippen molar-refractivity contribution >= 4 is 27.6 Å². The summed E-state index contributed by atoms with van der Waals surface area (Å²) < 4.78 is 9.51. The average Bonchev–Trinajstić information content (AvgIpc) is 3.27. The third-order valence-corrected chi connectivity index (χ3v) is 6.04. The molecular formula is C23H16BrN5O. The van der Waals surface area contributed by atoms with Crippen LogP contribution in [0.4, 0.5) is 5.95 Å². The summed E-state index contributed by atoms with van der Waals surface area (Å²) in [5.74, 6) is 1.56. The monoisotopic (exact) mass is 457 g/mol. The summed E-state index contributed by atoms with van der Waals surface area (Å²) in [4.78, 5) is 8.64. The van der Waals surface area contributed by atoms with Crippen LogP contribution in [-0.4, -0.2) is 19.7 Å². The van der Waals surface area contributed by atoms with E-state index in [1.54, 1.807) is 18.7 Å². The molecule has 2 aromatic heterocycles. The molecule has 0 fully saturated rings. The number of rotatable bonds is 2. The van der Waals surface area contributed by atoms with Gasteiger partial charge in [-0.05, 0) is 47.5 Å². The maximum absolute atomic E-state index is 6.56. The fourth-order valence-electron chi connectivity index (χ4n) is 4.20. The minimum absolute atomic E-state index is 0.154. The van der Waals surface area contributed by atoms with Gasteiger partial charge in [-0.25, -0.2) is 4.68 Å². The molecule has 0 unspecified atom stereocenters. The third-order valence-electron chi connectivity index (χ3n) is 5.52. The maximum Gasteiger partial charge on any atom is 0.226 e. The van der Waals surface area contributed by atoms with Crippen LogP contribution in [0.25, 0.3) is 5.70 Å². The smallest absolute Gasteiger partial charge is 0.226 e. The van der Waals surface area contributed by atoms with Crippen LogP contribution >= 0.6 is 15.9 Å². The lowest BCUT2D eigenvalue weighted by atomic mass is 9.85. The van der Waals surface area contributed by atoms with Crippen LogP contribution in [0.3, 0.4) is 0 Å². The molecule has 0 spiro atoms. The van der Waals surface area contributed by atoms with Gasteiger partial charge in [0.2, 0.25) is 5.95 Å². The fourth-order valence-corrected chi connectivity index (χ4v) is 4.46. The quantitative estimate of drug-likeness (QED) is 0.458. The minimum Gasteiger partial charge on any atom is -0.480 e. The number of nitrogens with zero attached hydrogens (tertiary/aromatic N) is 4. The van der Waals surface area contributed by atoms with Crippen LogP contribution < -0.4 is 10.1 Å². The van der Waals surface area contributed by atoms with Crippen molar-refractivity contribution in [1.29, 1.82) is 0 Å². The summed E-state index contributed by atoms with van der Waals surface area (Å²) in [7, 11) is 0. The lowest BCUT2D eigenvalue weighted by molar-refractivity contribution is 0.223. The van der Waals surface area contributed by atoms with Crippen molar-refractivity contribution in [2.75, 3.05) is 5.32 Å². The molecule has 2 aliphatic rings. The fraction of sp³-hybridized carbons (Fsp3) is 0.0870. The zero-order valence-electron chi connectivity index (χ0n) is 15.7. The van der Waals surface area contributed by atoms with E-state index in [2.05, 4.69) is 54.5 Å². The second kappa shape index (κ2) is 6.81. The molecule has 0 radical (unpaired) electrons. The minimum atomic E-state index is -0.281. The van der Waals surface area contributed by atoms with E-state index in [1.807, 2.05) is 47.1 Å².